The lowest BCUT2D eigenvalue weighted by molar-refractivity contribution is 0.589. The minimum atomic E-state index is -0.788. The normalized spacial score (nSPS) is 11.8. The summed E-state index contributed by atoms with van der Waals surface area (Å²) in [6, 6.07) is 25.7. The van der Waals surface area contributed by atoms with Gasteiger partial charge in [-0.1, -0.05) is 92.9 Å². The van der Waals surface area contributed by atoms with Crippen molar-refractivity contribution in [1.29, 1.82) is 10.5 Å². The number of benzene rings is 5. The second-order valence-corrected chi connectivity index (χ2v) is 13.3. The molecule has 5 aromatic rings. The van der Waals surface area contributed by atoms with E-state index in [2.05, 4.69) is 6.58 Å². The van der Waals surface area contributed by atoms with Gasteiger partial charge in [-0.2, -0.15) is 10.5 Å². The molecule has 0 spiro atoms. The molecule has 0 saturated heterocycles. The van der Waals surface area contributed by atoms with Crippen molar-refractivity contribution in [3.63, 3.8) is 0 Å². The molecule has 0 fully saturated rings. The predicted molar refractivity (Wildman–Crippen MR) is 206 cm³/mol. The predicted octanol–water partition coefficient (Wildman–Crippen LogP) is 13.7. The molecule has 278 valence electrons. The summed E-state index contributed by atoms with van der Waals surface area (Å²) < 4.78 is 88.5. The Morgan fingerprint density at radius 2 is 1.04 bits per heavy atom. The molecule has 0 aromatic heterocycles. The van der Waals surface area contributed by atoms with Crippen LogP contribution in [0.3, 0.4) is 0 Å². The van der Waals surface area contributed by atoms with E-state index in [1.54, 1.807) is 36.4 Å². The third-order valence-corrected chi connectivity index (χ3v) is 9.55. The molecule has 0 aliphatic carbocycles. The number of unbranched alkanes of at least 4 members (excludes halogenated alkanes) is 5. The number of aryl methyl sites for hydroxylation is 2. The first-order valence-corrected chi connectivity index (χ1v) is 18.0. The van der Waals surface area contributed by atoms with Gasteiger partial charge in [-0.05, 0) is 108 Å². The number of nitriles is 2. The standard InChI is InChI=1S/C47H38F6N2/c1-3-33(24-42(48)30(2)28-54)38-20-16-35(26-46(38)52)39-18-12-31(22-44(39)50)10-8-6-4-5-7-9-11-32-13-19-40(45(51)23-32)36-17-21-41(47(53)27-36)34-14-15-37(29-55)43(49)25-34/h3,12-27H,1,4-11H2,2H3/b33-24+,42-30-. The Balaban J connectivity index is 1.06. The number of hydrogen-bond donors (Lipinski definition) is 0. The molecule has 0 unspecified atom stereocenters. The Hall–Kier alpha value is -6.12. The van der Waals surface area contributed by atoms with E-state index in [4.69, 9.17) is 10.5 Å². The van der Waals surface area contributed by atoms with E-state index in [0.29, 0.717) is 24.0 Å². The van der Waals surface area contributed by atoms with Gasteiger partial charge in [-0.3, -0.25) is 0 Å². The zero-order chi connectivity index (χ0) is 39.5. The highest BCUT2D eigenvalue weighted by atomic mass is 19.1. The molecular weight excluding hydrogens is 707 g/mol. The van der Waals surface area contributed by atoms with Crippen LogP contribution in [-0.2, 0) is 12.8 Å². The third kappa shape index (κ3) is 10.1. The Labute approximate surface area is 318 Å². The van der Waals surface area contributed by atoms with Crippen LogP contribution in [-0.4, -0.2) is 0 Å². The van der Waals surface area contributed by atoms with Gasteiger partial charge < -0.3 is 0 Å². The fourth-order valence-electron chi connectivity index (χ4n) is 6.41. The molecule has 0 radical (unpaired) electrons. The minimum Gasteiger partial charge on any atom is -0.206 e. The summed E-state index contributed by atoms with van der Waals surface area (Å²) in [6.07, 6.45) is 9.47. The van der Waals surface area contributed by atoms with Crippen LogP contribution in [0.5, 0.6) is 0 Å². The van der Waals surface area contributed by atoms with E-state index in [0.717, 1.165) is 61.8 Å². The van der Waals surface area contributed by atoms with Crippen molar-refractivity contribution in [1.82, 2.24) is 0 Å². The zero-order valence-electron chi connectivity index (χ0n) is 30.3. The van der Waals surface area contributed by atoms with Crippen LogP contribution >= 0.6 is 0 Å². The van der Waals surface area contributed by atoms with Crippen molar-refractivity contribution in [3.05, 3.63) is 172 Å². The largest absolute Gasteiger partial charge is 0.206 e. The Kier molecular flexibility index (Phi) is 13.7. The lowest BCUT2D eigenvalue weighted by atomic mass is 9.96. The summed E-state index contributed by atoms with van der Waals surface area (Å²) in [6.45, 7) is 4.93. The van der Waals surface area contributed by atoms with Gasteiger partial charge in [0.1, 0.15) is 41.0 Å². The highest BCUT2D eigenvalue weighted by Crippen LogP contribution is 2.32. The fourth-order valence-corrected chi connectivity index (χ4v) is 6.41. The van der Waals surface area contributed by atoms with Crippen molar-refractivity contribution in [2.75, 3.05) is 0 Å². The lowest BCUT2D eigenvalue weighted by Gasteiger charge is -2.10. The van der Waals surface area contributed by atoms with Crippen LogP contribution < -0.4 is 0 Å². The van der Waals surface area contributed by atoms with Crippen LogP contribution in [0.25, 0.3) is 39.0 Å². The molecule has 0 N–H and O–H groups in total. The molecule has 0 atom stereocenters. The molecule has 2 nitrogen and oxygen atoms in total. The quantitative estimate of drug-likeness (QED) is 0.0464. The smallest absolute Gasteiger partial charge is 0.141 e. The first kappa shape index (κ1) is 40.1. The minimum absolute atomic E-state index is 0.0842. The van der Waals surface area contributed by atoms with E-state index in [9.17, 15) is 13.2 Å². The van der Waals surface area contributed by atoms with Gasteiger partial charge in [0.25, 0.3) is 0 Å². The van der Waals surface area contributed by atoms with E-state index < -0.39 is 34.9 Å². The molecule has 0 heterocycles. The van der Waals surface area contributed by atoms with Crippen molar-refractivity contribution >= 4 is 5.57 Å². The second kappa shape index (κ2) is 18.8. The number of hydrogen-bond acceptors (Lipinski definition) is 2. The van der Waals surface area contributed by atoms with Crippen LogP contribution in [0.15, 0.2) is 121 Å². The van der Waals surface area contributed by atoms with Crippen molar-refractivity contribution < 1.29 is 26.3 Å². The molecule has 8 heteroatoms. The maximum atomic E-state index is 15.1. The summed E-state index contributed by atoms with van der Waals surface area (Å²) in [4.78, 5) is 0. The summed E-state index contributed by atoms with van der Waals surface area (Å²) >= 11 is 0. The molecule has 0 bridgehead atoms. The number of rotatable bonds is 15. The van der Waals surface area contributed by atoms with E-state index in [1.165, 1.54) is 61.5 Å². The summed E-state index contributed by atoms with van der Waals surface area (Å²) in [5.41, 5.74) is 3.35. The summed E-state index contributed by atoms with van der Waals surface area (Å²) in [5, 5.41) is 17.8. The van der Waals surface area contributed by atoms with Gasteiger partial charge in [0, 0.05) is 22.3 Å². The van der Waals surface area contributed by atoms with Crippen LogP contribution in [0.2, 0.25) is 0 Å². The maximum absolute atomic E-state index is 15.1. The van der Waals surface area contributed by atoms with Gasteiger partial charge in [0.2, 0.25) is 0 Å². The van der Waals surface area contributed by atoms with E-state index in [-0.39, 0.29) is 44.5 Å². The second-order valence-electron chi connectivity index (χ2n) is 13.3. The Bertz CT molecular complexity index is 2360. The summed E-state index contributed by atoms with van der Waals surface area (Å²) in [5.74, 6) is -3.73. The molecule has 5 aromatic carbocycles. The molecule has 55 heavy (non-hydrogen) atoms. The van der Waals surface area contributed by atoms with Crippen molar-refractivity contribution in [3.8, 4) is 45.5 Å². The van der Waals surface area contributed by atoms with Crippen LogP contribution in [0.4, 0.5) is 26.3 Å². The first-order chi connectivity index (χ1) is 26.5. The highest BCUT2D eigenvalue weighted by Gasteiger charge is 2.15. The highest BCUT2D eigenvalue weighted by molar-refractivity contribution is 5.78. The number of allylic oxidation sites excluding steroid dienone is 5. The molecule has 0 aliphatic heterocycles. The van der Waals surface area contributed by atoms with Crippen molar-refractivity contribution in [2.24, 2.45) is 0 Å². The van der Waals surface area contributed by atoms with Crippen LogP contribution in [0.1, 0.15) is 67.7 Å². The monoisotopic (exact) mass is 744 g/mol. The van der Waals surface area contributed by atoms with Gasteiger partial charge >= 0.3 is 0 Å². The summed E-state index contributed by atoms with van der Waals surface area (Å²) in [7, 11) is 0. The topological polar surface area (TPSA) is 47.6 Å². The fraction of sp³-hybridized carbons (Fsp3) is 0.191. The third-order valence-electron chi connectivity index (χ3n) is 9.55. The van der Waals surface area contributed by atoms with Crippen LogP contribution in [0, 0.1) is 51.7 Å². The average molecular weight is 745 g/mol. The molecule has 0 saturated carbocycles. The Morgan fingerprint density at radius 3 is 1.49 bits per heavy atom. The number of halogens is 6. The zero-order valence-corrected chi connectivity index (χ0v) is 30.3. The van der Waals surface area contributed by atoms with Gasteiger partial charge in [0.05, 0.1) is 17.2 Å². The van der Waals surface area contributed by atoms with Crippen molar-refractivity contribution in [2.45, 2.75) is 58.3 Å². The van der Waals surface area contributed by atoms with Gasteiger partial charge in [0.15, 0.2) is 0 Å². The Morgan fingerprint density at radius 1 is 0.582 bits per heavy atom. The van der Waals surface area contributed by atoms with Gasteiger partial charge in [-0.15, -0.1) is 0 Å². The van der Waals surface area contributed by atoms with Gasteiger partial charge in [-0.25, -0.2) is 26.3 Å². The van der Waals surface area contributed by atoms with E-state index >= 15 is 13.2 Å². The maximum Gasteiger partial charge on any atom is 0.141 e. The van der Waals surface area contributed by atoms with E-state index in [1.807, 2.05) is 12.1 Å². The molecular formula is C47H38F6N2. The first-order valence-electron chi connectivity index (χ1n) is 18.0. The molecule has 5 rings (SSSR count). The lowest BCUT2D eigenvalue weighted by Crippen LogP contribution is -1.94. The molecule has 0 aliphatic rings. The SMILES string of the molecule is C=C/C(=C\C(F)=C(/C)C#N)c1ccc(-c2ccc(CCCCCCCCc3ccc(-c4ccc(-c5ccc(C#N)c(F)c5)c(F)c4)c(F)c3)cc2F)cc1F. The average Bonchev–Trinajstić information content (AvgIpc) is 3.17. The number of nitrogens with zero attached hydrogens (tertiary/aromatic N) is 2. The molecule has 0 amide bonds.